The van der Waals surface area contributed by atoms with Crippen molar-refractivity contribution in [3.63, 3.8) is 0 Å². The van der Waals surface area contributed by atoms with Crippen LogP contribution in [-0.4, -0.2) is 85.0 Å². The van der Waals surface area contributed by atoms with Gasteiger partial charge in [-0.2, -0.15) is 0 Å². The molecule has 1 aromatic carbocycles. The first-order valence-corrected chi connectivity index (χ1v) is 13.9. The molecule has 0 unspecified atom stereocenters. The van der Waals surface area contributed by atoms with Gasteiger partial charge in [0.25, 0.3) is 0 Å². The maximum Gasteiger partial charge on any atom is 0.410 e. The molecule has 1 fully saturated rings. The van der Waals surface area contributed by atoms with Crippen LogP contribution >= 0.6 is 0 Å². The third-order valence-electron chi connectivity index (χ3n) is 6.44. The topological polar surface area (TPSA) is 198 Å². The van der Waals surface area contributed by atoms with Gasteiger partial charge in [-0.05, 0) is 44.1 Å². The highest BCUT2D eigenvalue weighted by atomic mass is 16.6. The number of amides is 5. The number of nitrogens with zero attached hydrogens (tertiary/aromatic N) is 3. The van der Waals surface area contributed by atoms with Gasteiger partial charge in [-0.15, -0.1) is 0 Å². The largest absolute Gasteiger partial charge is 0.445 e. The van der Waals surface area contributed by atoms with Crippen LogP contribution in [0.5, 0.6) is 0 Å². The van der Waals surface area contributed by atoms with Crippen molar-refractivity contribution in [2.75, 3.05) is 39.3 Å². The standard InChI is InChI=1S/C27H44N8O5/c28-23(36)19-34-17-9-7-15-33-26(38)32-14-6-1-2-8-18-35(22(24(34)37)13-10-16-31-25(29)30)27(39)40-20-21-11-4-3-5-12-21/h3-5,11-12,22H,1-2,6-10,13-20H2,(H2,28,36)(H4,29,30,31)(H2,32,33,38)/t22-/m0/s1. The molecule has 1 aliphatic heterocycles. The Balaban J connectivity index is 2.30. The second-order valence-corrected chi connectivity index (χ2v) is 9.73. The number of primary amides is 1. The summed E-state index contributed by atoms with van der Waals surface area (Å²) in [5.41, 5.74) is 17.2. The van der Waals surface area contributed by atoms with Gasteiger partial charge in [-0.3, -0.25) is 19.5 Å². The lowest BCUT2D eigenvalue weighted by Gasteiger charge is -2.34. The van der Waals surface area contributed by atoms with Gasteiger partial charge in [0, 0.05) is 32.7 Å². The van der Waals surface area contributed by atoms with E-state index in [9.17, 15) is 19.2 Å². The number of nitrogens with one attached hydrogen (secondary N) is 2. The monoisotopic (exact) mass is 560 g/mol. The van der Waals surface area contributed by atoms with Crippen molar-refractivity contribution in [1.29, 1.82) is 0 Å². The molecule has 1 aliphatic rings. The van der Waals surface area contributed by atoms with Gasteiger partial charge in [0.1, 0.15) is 12.6 Å². The Morgan fingerprint density at radius 3 is 2.25 bits per heavy atom. The van der Waals surface area contributed by atoms with Crippen molar-refractivity contribution < 1.29 is 23.9 Å². The first-order chi connectivity index (χ1) is 19.3. The number of carbonyl (C=O) groups is 4. The molecule has 13 nitrogen and oxygen atoms in total. The highest BCUT2D eigenvalue weighted by Crippen LogP contribution is 2.17. The number of urea groups is 1. The average molecular weight is 561 g/mol. The molecule has 0 saturated carbocycles. The quantitative estimate of drug-likeness (QED) is 0.177. The van der Waals surface area contributed by atoms with Crippen molar-refractivity contribution in [1.82, 2.24) is 20.4 Å². The first kappa shape index (κ1) is 32.2. The molecule has 0 aromatic heterocycles. The molecule has 8 N–H and O–H groups in total. The lowest BCUT2D eigenvalue weighted by Crippen LogP contribution is -2.53. The number of hydrogen-bond acceptors (Lipinski definition) is 6. The van der Waals surface area contributed by atoms with E-state index in [0.29, 0.717) is 38.8 Å². The highest BCUT2D eigenvalue weighted by molar-refractivity contribution is 5.89. The zero-order valence-electron chi connectivity index (χ0n) is 23.2. The van der Waals surface area contributed by atoms with Gasteiger partial charge < -0.3 is 37.5 Å². The van der Waals surface area contributed by atoms with Crippen molar-refractivity contribution in [2.24, 2.45) is 22.2 Å². The Morgan fingerprint density at radius 2 is 1.57 bits per heavy atom. The van der Waals surface area contributed by atoms with E-state index in [1.54, 1.807) is 0 Å². The second-order valence-electron chi connectivity index (χ2n) is 9.73. The third kappa shape index (κ3) is 12.7. The summed E-state index contributed by atoms with van der Waals surface area (Å²) in [5.74, 6) is -1.11. The Labute approximate surface area is 235 Å². The molecular weight excluding hydrogens is 516 g/mol. The molecular formula is C27H44N8O5. The van der Waals surface area contributed by atoms with Crippen molar-refractivity contribution in [3.8, 4) is 0 Å². The molecule has 0 radical (unpaired) electrons. The molecule has 1 heterocycles. The third-order valence-corrected chi connectivity index (χ3v) is 6.44. The predicted molar refractivity (Wildman–Crippen MR) is 152 cm³/mol. The fourth-order valence-electron chi connectivity index (χ4n) is 4.40. The van der Waals surface area contributed by atoms with Crippen LogP contribution in [0.3, 0.4) is 0 Å². The Hall–Kier alpha value is -4.03. The summed E-state index contributed by atoms with van der Waals surface area (Å²) in [7, 11) is 0. The van der Waals surface area contributed by atoms with Crippen LogP contribution in [0.15, 0.2) is 35.3 Å². The number of rotatable bonds is 8. The Kier molecular flexibility index (Phi) is 14.7. The van der Waals surface area contributed by atoms with E-state index in [1.807, 2.05) is 30.3 Å². The smallest absolute Gasteiger partial charge is 0.410 e. The van der Waals surface area contributed by atoms with Gasteiger partial charge in [0.2, 0.25) is 11.8 Å². The number of carbonyl (C=O) groups excluding carboxylic acids is 4. The maximum absolute atomic E-state index is 13.9. The van der Waals surface area contributed by atoms with E-state index in [0.717, 1.165) is 24.8 Å². The van der Waals surface area contributed by atoms with Gasteiger partial charge in [-0.1, -0.05) is 43.2 Å². The summed E-state index contributed by atoms with van der Waals surface area (Å²) in [6.45, 7) is 1.54. The van der Waals surface area contributed by atoms with E-state index >= 15 is 0 Å². The number of benzene rings is 1. The molecule has 1 saturated heterocycles. The van der Waals surface area contributed by atoms with Crippen molar-refractivity contribution >= 4 is 29.9 Å². The number of hydrogen-bond donors (Lipinski definition) is 5. The number of ether oxygens (including phenoxy) is 1. The lowest BCUT2D eigenvalue weighted by molar-refractivity contribution is -0.140. The first-order valence-electron chi connectivity index (χ1n) is 13.9. The van der Waals surface area contributed by atoms with E-state index in [2.05, 4.69) is 15.6 Å². The number of aliphatic imine (C=N–C) groups is 1. The summed E-state index contributed by atoms with van der Waals surface area (Å²) in [5, 5.41) is 5.63. The molecule has 1 aromatic rings. The van der Waals surface area contributed by atoms with E-state index in [4.69, 9.17) is 21.9 Å². The zero-order chi connectivity index (χ0) is 29.2. The van der Waals surface area contributed by atoms with E-state index in [1.165, 1.54) is 9.80 Å². The zero-order valence-corrected chi connectivity index (χ0v) is 23.2. The molecule has 0 aliphatic carbocycles. The molecule has 40 heavy (non-hydrogen) atoms. The molecule has 0 bridgehead atoms. The summed E-state index contributed by atoms with van der Waals surface area (Å²) in [6, 6.07) is 8.16. The summed E-state index contributed by atoms with van der Waals surface area (Å²) < 4.78 is 5.64. The lowest BCUT2D eigenvalue weighted by atomic mass is 10.1. The van der Waals surface area contributed by atoms with Crippen LogP contribution < -0.4 is 27.8 Å². The number of guanidine groups is 1. The summed E-state index contributed by atoms with van der Waals surface area (Å²) in [4.78, 5) is 58.0. The van der Waals surface area contributed by atoms with Crippen LogP contribution in [0.1, 0.15) is 56.9 Å². The van der Waals surface area contributed by atoms with Crippen LogP contribution in [0.25, 0.3) is 0 Å². The molecule has 2 rings (SSSR count). The Bertz CT molecular complexity index is 971. The summed E-state index contributed by atoms with van der Waals surface area (Å²) in [6.07, 6.45) is 4.24. The molecule has 222 valence electrons. The van der Waals surface area contributed by atoms with E-state index in [-0.39, 0.29) is 51.2 Å². The fraction of sp³-hybridized carbons (Fsp3) is 0.593. The minimum absolute atomic E-state index is 0.0583. The van der Waals surface area contributed by atoms with E-state index < -0.39 is 23.9 Å². The van der Waals surface area contributed by atoms with Crippen LogP contribution in [0.4, 0.5) is 9.59 Å². The maximum atomic E-state index is 13.9. The Morgan fingerprint density at radius 1 is 0.925 bits per heavy atom. The predicted octanol–water partition coefficient (Wildman–Crippen LogP) is 1.01. The van der Waals surface area contributed by atoms with Crippen molar-refractivity contribution in [3.05, 3.63) is 35.9 Å². The van der Waals surface area contributed by atoms with Crippen LogP contribution in [-0.2, 0) is 20.9 Å². The normalized spacial score (nSPS) is 18.1. The highest BCUT2D eigenvalue weighted by Gasteiger charge is 2.34. The molecule has 13 heteroatoms. The molecule has 5 amide bonds. The van der Waals surface area contributed by atoms with Gasteiger partial charge in [-0.25, -0.2) is 9.59 Å². The SMILES string of the molecule is NC(=O)CN1CCCCNC(=O)NCCCCCCN(C(=O)OCc2ccccc2)[C@@H](CCCN=C(N)N)C1=O. The van der Waals surface area contributed by atoms with Crippen LogP contribution in [0.2, 0.25) is 0 Å². The molecule has 1 atom stereocenters. The van der Waals surface area contributed by atoms with Gasteiger partial charge >= 0.3 is 12.1 Å². The minimum atomic E-state index is -0.895. The van der Waals surface area contributed by atoms with Crippen molar-refractivity contribution in [2.45, 2.75) is 64.0 Å². The summed E-state index contributed by atoms with van der Waals surface area (Å²) >= 11 is 0. The van der Waals surface area contributed by atoms with Crippen LogP contribution in [0, 0.1) is 0 Å². The minimum Gasteiger partial charge on any atom is -0.445 e. The number of nitrogens with two attached hydrogens (primary N) is 3. The average Bonchev–Trinajstić information content (AvgIpc) is 2.92. The second kappa shape index (κ2) is 18.3. The molecule has 0 spiro atoms. The van der Waals surface area contributed by atoms with Gasteiger partial charge in [0.05, 0.1) is 6.54 Å². The fourth-order valence-corrected chi connectivity index (χ4v) is 4.40. The van der Waals surface area contributed by atoms with Gasteiger partial charge in [0.15, 0.2) is 5.96 Å².